The molecule has 1 fully saturated rings. The molecule has 1 aliphatic rings. The van der Waals surface area contributed by atoms with Crippen LogP contribution in [0.1, 0.15) is 29.1 Å². The van der Waals surface area contributed by atoms with Gasteiger partial charge in [-0.15, -0.1) is 11.3 Å². The number of aromatic nitrogens is 1. The van der Waals surface area contributed by atoms with Gasteiger partial charge in [0.15, 0.2) is 10.8 Å². The molecule has 20 heavy (non-hydrogen) atoms. The third-order valence-corrected chi connectivity index (χ3v) is 4.27. The molecule has 3 rings (SSSR count). The van der Waals surface area contributed by atoms with E-state index in [-0.39, 0.29) is 11.9 Å². The van der Waals surface area contributed by atoms with Crippen LogP contribution in [0.5, 0.6) is 0 Å². The zero-order valence-corrected chi connectivity index (χ0v) is 12.1. The van der Waals surface area contributed by atoms with E-state index in [0.29, 0.717) is 23.9 Å². The van der Waals surface area contributed by atoms with Crippen LogP contribution in [-0.2, 0) is 0 Å². The Morgan fingerprint density at radius 2 is 2.40 bits per heavy atom. The fourth-order valence-corrected chi connectivity index (χ4v) is 2.79. The summed E-state index contributed by atoms with van der Waals surface area (Å²) in [7, 11) is 0. The van der Waals surface area contributed by atoms with E-state index >= 15 is 0 Å². The fourth-order valence-electron chi connectivity index (χ4n) is 2.03. The number of nitrogens with two attached hydrogens (primary N) is 1. The molecule has 2 aromatic rings. The number of aryl methyl sites for hydroxylation is 1. The Bertz CT molecular complexity index is 615. The van der Waals surface area contributed by atoms with Crippen molar-refractivity contribution in [2.75, 3.05) is 6.54 Å². The van der Waals surface area contributed by atoms with Gasteiger partial charge in [-0.3, -0.25) is 4.79 Å². The van der Waals surface area contributed by atoms with Crippen LogP contribution < -0.4 is 11.1 Å². The van der Waals surface area contributed by atoms with Crippen molar-refractivity contribution in [3.05, 3.63) is 29.0 Å². The van der Waals surface area contributed by atoms with E-state index in [0.717, 1.165) is 10.8 Å². The molecule has 1 unspecified atom stereocenters. The lowest BCUT2D eigenvalue weighted by Gasteiger charge is -2.10. The second-order valence-corrected chi connectivity index (χ2v) is 6.02. The van der Waals surface area contributed by atoms with Crippen LogP contribution in [0.4, 0.5) is 0 Å². The molecular formula is C14H17N3O2S. The quantitative estimate of drug-likeness (QED) is 0.884. The molecule has 0 radical (unpaired) electrons. The Morgan fingerprint density at radius 3 is 3.05 bits per heavy atom. The second-order valence-electron chi connectivity index (χ2n) is 5.16. The van der Waals surface area contributed by atoms with Gasteiger partial charge in [-0.2, -0.15) is 0 Å². The highest BCUT2D eigenvalue weighted by Crippen LogP contribution is 2.31. The number of nitrogens with one attached hydrogen (secondary N) is 1. The SMILES string of the molecule is Cc1ccc(-c2nc(C(=O)NCC(N)C3CC3)cs2)o1. The van der Waals surface area contributed by atoms with Crippen molar-refractivity contribution in [1.29, 1.82) is 0 Å². The lowest BCUT2D eigenvalue weighted by Crippen LogP contribution is -2.38. The van der Waals surface area contributed by atoms with Crippen molar-refractivity contribution < 1.29 is 9.21 Å². The lowest BCUT2D eigenvalue weighted by molar-refractivity contribution is 0.0946. The van der Waals surface area contributed by atoms with Crippen LogP contribution in [-0.4, -0.2) is 23.5 Å². The minimum Gasteiger partial charge on any atom is -0.459 e. The highest BCUT2D eigenvalue weighted by molar-refractivity contribution is 7.13. The number of thiazole rings is 1. The van der Waals surface area contributed by atoms with E-state index in [9.17, 15) is 4.79 Å². The summed E-state index contributed by atoms with van der Waals surface area (Å²) < 4.78 is 5.50. The van der Waals surface area contributed by atoms with Gasteiger partial charge in [0.1, 0.15) is 11.5 Å². The third-order valence-electron chi connectivity index (χ3n) is 3.41. The first-order chi connectivity index (χ1) is 9.63. The molecule has 0 saturated heterocycles. The highest BCUT2D eigenvalue weighted by atomic mass is 32.1. The van der Waals surface area contributed by atoms with Crippen LogP contribution in [0, 0.1) is 12.8 Å². The Labute approximate surface area is 121 Å². The van der Waals surface area contributed by atoms with Gasteiger partial charge in [0.25, 0.3) is 5.91 Å². The van der Waals surface area contributed by atoms with Crippen molar-refractivity contribution in [3.63, 3.8) is 0 Å². The standard InChI is InChI=1S/C14H17N3O2S/c1-8-2-5-12(19-8)14-17-11(7-20-14)13(18)16-6-10(15)9-3-4-9/h2,5,7,9-10H,3-4,6,15H2,1H3,(H,16,18). The molecule has 0 spiro atoms. The largest absolute Gasteiger partial charge is 0.459 e. The first-order valence-electron chi connectivity index (χ1n) is 6.69. The van der Waals surface area contributed by atoms with E-state index < -0.39 is 0 Å². The van der Waals surface area contributed by atoms with Gasteiger partial charge in [0, 0.05) is 18.0 Å². The number of carbonyl (C=O) groups is 1. The van der Waals surface area contributed by atoms with E-state index in [1.54, 1.807) is 5.38 Å². The maximum absolute atomic E-state index is 12.0. The first-order valence-corrected chi connectivity index (χ1v) is 7.57. The molecule has 2 heterocycles. The Morgan fingerprint density at radius 1 is 1.60 bits per heavy atom. The van der Waals surface area contributed by atoms with Crippen molar-refractivity contribution in [1.82, 2.24) is 10.3 Å². The van der Waals surface area contributed by atoms with Crippen LogP contribution in [0.15, 0.2) is 21.9 Å². The molecule has 0 aromatic carbocycles. The number of nitrogens with zero attached hydrogens (tertiary/aromatic N) is 1. The average Bonchev–Trinajstić information content (AvgIpc) is 3.01. The van der Waals surface area contributed by atoms with Gasteiger partial charge in [0.2, 0.25) is 0 Å². The number of hydrogen-bond donors (Lipinski definition) is 2. The molecule has 6 heteroatoms. The van der Waals surface area contributed by atoms with E-state index in [1.165, 1.54) is 24.2 Å². The number of rotatable bonds is 5. The maximum atomic E-state index is 12.0. The summed E-state index contributed by atoms with van der Waals surface area (Å²) in [6.07, 6.45) is 2.35. The molecule has 5 nitrogen and oxygen atoms in total. The molecule has 1 aliphatic carbocycles. The van der Waals surface area contributed by atoms with Crippen LogP contribution in [0.3, 0.4) is 0 Å². The molecular weight excluding hydrogens is 274 g/mol. The summed E-state index contributed by atoms with van der Waals surface area (Å²) >= 11 is 1.40. The summed E-state index contributed by atoms with van der Waals surface area (Å²) in [5, 5.41) is 5.30. The maximum Gasteiger partial charge on any atom is 0.270 e. The molecule has 2 aromatic heterocycles. The van der Waals surface area contributed by atoms with Gasteiger partial charge in [-0.05, 0) is 37.8 Å². The van der Waals surface area contributed by atoms with Gasteiger partial charge in [0.05, 0.1) is 0 Å². The average molecular weight is 291 g/mol. The highest BCUT2D eigenvalue weighted by Gasteiger charge is 2.28. The van der Waals surface area contributed by atoms with Crippen LogP contribution in [0.2, 0.25) is 0 Å². The Kier molecular flexibility index (Phi) is 3.58. The number of furan rings is 1. The summed E-state index contributed by atoms with van der Waals surface area (Å²) in [6, 6.07) is 3.80. The van der Waals surface area contributed by atoms with Crippen LogP contribution >= 0.6 is 11.3 Å². The second kappa shape index (κ2) is 5.38. The van der Waals surface area contributed by atoms with Gasteiger partial charge >= 0.3 is 0 Å². The summed E-state index contributed by atoms with van der Waals surface area (Å²) in [4.78, 5) is 16.3. The van der Waals surface area contributed by atoms with Crippen molar-refractivity contribution >= 4 is 17.2 Å². The van der Waals surface area contributed by atoms with E-state index in [4.69, 9.17) is 10.2 Å². The van der Waals surface area contributed by atoms with Crippen LogP contribution in [0.25, 0.3) is 10.8 Å². The molecule has 3 N–H and O–H groups in total. The molecule has 106 valence electrons. The Hall–Kier alpha value is -1.66. The van der Waals surface area contributed by atoms with Gasteiger partial charge in [-0.1, -0.05) is 0 Å². The number of carbonyl (C=O) groups excluding carboxylic acids is 1. The predicted octanol–water partition coefficient (Wildman–Crippen LogP) is 2.18. The minimum absolute atomic E-state index is 0.0600. The molecule has 1 amide bonds. The molecule has 1 atom stereocenters. The minimum atomic E-state index is -0.174. The van der Waals surface area contributed by atoms with Crippen molar-refractivity contribution in [3.8, 4) is 10.8 Å². The lowest BCUT2D eigenvalue weighted by atomic mass is 10.2. The van der Waals surface area contributed by atoms with Gasteiger partial charge < -0.3 is 15.5 Å². The first kappa shape index (κ1) is 13.3. The zero-order valence-electron chi connectivity index (χ0n) is 11.3. The van der Waals surface area contributed by atoms with Gasteiger partial charge in [-0.25, -0.2) is 4.98 Å². The number of hydrogen-bond acceptors (Lipinski definition) is 5. The fraction of sp³-hybridized carbons (Fsp3) is 0.429. The zero-order chi connectivity index (χ0) is 14.1. The molecule has 1 saturated carbocycles. The normalized spacial score (nSPS) is 16.1. The summed E-state index contributed by atoms with van der Waals surface area (Å²) in [6.45, 7) is 2.39. The number of amides is 1. The Balaban J connectivity index is 1.62. The third kappa shape index (κ3) is 2.91. The van der Waals surface area contributed by atoms with Crippen molar-refractivity contribution in [2.45, 2.75) is 25.8 Å². The smallest absolute Gasteiger partial charge is 0.270 e. The topological polar surface area (TPSA) is 81.2 Å². The monoisotopic (exact) mass is 291 g/mol. The molecule has 0 bridgehead atoms. The predicted molar refractivity (Wildman–Crippen MR) is 77.6 cm³/mol. The summed E-state index contributed by atoms with van der Waals surface area (Å²) in [5.41, 5.74) is 6.38. The van der Waals surface area contributed by atoms with E-state index in [1.807, 2.05) is 19.1 Å². The van der Waals surface area contributed by atoms with Crippen molar-refractivity contribution in [2.24, 2.45) is 11.7 Å². The summed E-state index contributed by atoms with van der Waals surface area (Å²) in [5.74, 6) is 1.93. The molecule has 0 aliphatic heterocycles. The van der Waals surface area contributed by atoms with E-state index in [2.05, 4.69) is 10.3 Å².